The third kappa shape index (κ3) is 3.44. The highest BCUT2D eigenvalue weighted by Gasteiger charge is 2.13. The van der Waals surface area contributed by atoms with Crippen molar-refractivity contribution in [1.29, 1.82) is 0 Å². The lowest BCUT2D eigenvalue weighted by molar-refractivity contribution is 0.260. The molecule has 0 amide bonds. The monoisotopic (exact) mass is 257 g/mol. The minimum atomic E-state index is -0.368. The summed E-state index contributed by atoms with van der Waals surface area (Å²) in [6, 6.07) is 0.504. The number of nitrogens with zero attached hydrogens (tertiary/aromatic N) is 1. The van der Waals surface area contributed by atoms with Crippen LogP contribution in [-0.2, 0) is 0 Å². The smallest absolute Gasteiger partial charge is 0.273 e. The molecule has 2 rings (SSSR count). The molecule has 1 aromatic rings. The van der Waals surface area contributed by atoms with Crippen molar-refractivity contribution >= 4 is 11.6 Å². The average molecular weight is 258 g/mol. The van der Waals surface area contributed by atoms with Gasteiger partial charge in [-0.05, 0) is 25.8 Å². The fourth-order valence-electron chi connectivity index (χ4n) is 1.94. The third-order valence-electron chi connectivity index (χ3n) is 2.88. The summed E-state index contributed by atoms with van der Waals surface area (Å²) in [5, 5.41) is 3.45. The van der Waals surface area contributed by atoms with Crippen LogP contribution in [0.1, 0.15) is 25.7 Å². The van der Waals surface area contributed by atoms with E-state index in [1.165, 1.54) is 25.6 Å². The van der Waals surface area contributed by atoms with Crippen LogP contribution in [0.15, 0.2) is 11.1 Å². The van der Waals surface area contributed by atoms with Crippen LogP contribution in [0.25, 0.3) is 0 Å². The Balaban J connectivity index is 1.81. The summed E-state index contributed by atoms with van der Waals surface area (Å²) < 4.78 is 5.42. The first kappa shape index (κ1) is 12.4. The number of hydrogen-bond donors (Lipinski definition) is 2. The van der Waals surface area contributed by atoms with Gasteiger partial charge in [0.15, 0.2) is 5.02 Å². The molecular formula is C11H16ClN3O2. The zero-order valence-electron chi connectivity index (χ0n) is 9.54. The molecule has 2 heterocycles. The largest absolute Gasteiger partial charge is 0.476 e. The quantitative estimate of drug-likeness (QED) is 0.854. The van der Waals surface area contributed by atoms with Crippen molar-refractivity contribution in [3.8, 4) is 5.88 Å². The second-order valence-electron chi connectivity index (χ2n) is 4.13. The van der Waals surface area contributed by atoms with Gasteiger partial charge in [0.05, 0.1) is 12.9 Å². The third-order valence-corrected chi connectivity index (χ3v) is 3.22. The van der Waals surface area contributed by atoms with Gasteiger partial charge in [-0.2, -0.15) is 0 Å². The molecule has 1 aliphatic rings. The maximum atomic E-state index is 11.2. The van der Waals surface area contributed by atoms with E-state index in [-0.39, 0.29) is 16.5 Å². The second kappa shape index (κ2) is 6.02. The van der Waals surface area contributed by atoms with Gasteiger partial charge >= 0.3 is 0 Å². The second-order valence-corrected chi connectivity index (χ2v) is 4.51. The van der Waals surface area contributed by atoms with E-state index in [2.05, 4.69) is 15.3 Å². The lowest BCUT2D eigenvalue weighted by Crippen LogP contribution is -2.35. The molecule has 0 aromatic carbocycles. The number of hydrogen-bond acceptors (Lipinski definition) is 4. The van der Waals surface area contributed by atoms with Crippen molar-refractivity contribution in [2.75, 3.05) is 13.2 Å². The van der Waals surface area contributed by atoms with Crippen LogP contribution in [0.3, 0.4) is 0 Å². The molecule has 1 atom stereocenters. The molecule has 1 fully saturated rings. The summed E-state index contributed by atoms with van der Waals surface area (Å²) in [7, 11) is 0. The highest BCUT2D eigenvalue weighted by Crippen LogP contribution is 2.16. The highest BCUT2D eigenvalue weighted by molar-refractivity contribution is 6.31. The average Bonchev–Trinajstić information content (AvgIpc) is 2.36. The molecule has 1 aliphatic heterocycles. The molecule has 1 saturated heterocycles. The van der Waals surface area contributed by atoms with Gasteiger partial charge in [-0.15, -0.1) is 0 Å². The normalized spacial score (nSPS) is 20.2. The first-order valence-electron chi connectivity index (χ1n) is 5.87. The van der Waals surface area contributed by atoms with Crippen LogP contribution in [-0.4, -0.2) is 29.2 Å². The zero-order chi connectivity index (χ0) is 12.1. The molecule has 5 nitrogen and oxygen atoms in total. The molecule has 17 heavy (non-hydrogen) atoms. The SMILES string of the molecule is O=c1[nH]cnc(OCCC2CCCCN2)c1Cl. The summed E-state index contributed by atoms with van der Waals surface area (Å²) in [5.41, 5.74) is -0.368. The Morgan fingerprint density at radius 1 is 1.53 bits per heavy atom. The molecule has 0 saturated carbocycles. The van der Waals surface area contributed by atoms with E-state index in [1.54, 1.807) is 0 Å². The maximum absolute atomic E-state index is 11.2. The number of piperidine rings is 1. The Morgan fingerprint density at radius 3 is 3.18 bits per heavy atom. The van der Waals surface area contributed by atoms with Crippen molar-refractivity contribution < 1.29 is 4.74 Å². The van der Waals surface area contributed by atoms with E-state index in [0.29, 0.717) is 12.6 Å². The summed E-state index contributed by atoms with van der Waals surface area (Å²) in [5.74, 6) is 0.214. The van der Waals surface area contributed by atoms with Crippen LogP contribution >= 0.6 is 11.6 Å². The van der Waals surface area contributed by atoms with Gasteiger partial charge in [-0.1, -0.05) is 18.0 Å². The van der Waals surface area contributed by atoms with Crippen LogP contribution in [0, 0.1) is 0 Å². The summed E-state index contributed by atoms with van der Waals surface area (Å²) in [4.78, 5) is 17.5. The van der Waals surface area contributed by atoms with E-state index in [9.17, 15) is 4.79 Å². The fourth-order valence-corrected chi connectivity index (χ4v) is 2.09. The van der Waals surface area contributed by atoms with E-state index in [4.69, 9.17) is 16.3 Å². The standard InChI is InChI=1S/C11H16ClN3O2/c12-9-10(16)14-7-15-11(9)17-6-4-8-3-1-2-5-13-8/h7-8,13H,1-6H2,(H,14,15,16). The first-order valence-corrected chi connectivity index (χ1v) is 6.24. The number of rotatable bonds is 4. The molecule has 0 radical (unpaired) electrons. The number of H-pyrrole nitrogens is 1. The number of ether oxygens (including phenoxy) is 1. The van der Waals surface area contributed by atoms with Gasteiger partial charge < -0.3 is 15.0 Å². The Kier molecular flexibility index (Phi) is 4.39. The Bertz CT molecular complexity index is 415. The molecule has 1 aromatic heterocycles. The van der Waals surface area contributed by atoms with Crippen LogP contribution in [0.5, 0.6) is 5.88 Å². The Morgan fingerprint density at radius 2 is 2.41 bits per heavy atom. The molecule has 0 aliphatic carbocycles. The van der Waals surface area contributed by atoms with Gasteiger partial charge in [0.2, 0.25) is 5.88 Å². The summed E-state index contributed by atoms with van der Waals surface area (Å²) >= 11 is 5.77. The number of nitrogens with one attached hydrogen (secondary N) is 2. The van der Waals surface area contributed by atoms with Crippen LogP contribution < -0.4 is 15.6 Å². The molecule has 6 heteroatoms. The Hall–Kier alpha value is -1.07. The van der Waals surface area contributed by atoms with Gasteiger partial charge in [-0.3, -0.25) is 4.79 Å². The molecule has 94 valence electrons. The zero-order valence-corrected chi connectivity index (χ0v) is 10.3. The van der Waals surface area contributed by atoms with Crippen molar-refractivity contribution in [2.24, 2.45) is 0 Å². The summed E-state index contributed by atoms with van der Waals surface area (Å²) in [6.45, 7) is 1.60. The molecule has 0 bridgehead atoms. The Labute approximate surface area is 105 Å². The number of aromatic nitrogens is 2. The number of aromatic amines is 1. The van der Waals surface area contributed by atoms with E-state index in [0.717, 1.165) is 13.0 Å². The van der Waals surface area contributed by atoms with E-state index >= 15 is 0 Å². The molecule has 2 N–H and O–H groups in total. The topological polar surface area (TPSA) is 67.0 Å². The van der Waals surface area contributed by atoms with Crippen LogP contribution in [0.2, 0.25) is 5.02 Å². The van der Waals surface area contributed by atoms with Crippen molar-refractivity contribution in [1.82, 2.24) is 15.3 Å². The lowest BCUT2D eigenvalue weighted by Gasteiger charge is -2.23. The predicted octanol–water partition coefficient (Wildman–Crippen LogP) is 1.33. The fraction of sp³-hybridized carbons (Fsp3) is 0.636. The minimum Gasteiger partial charge on any atom is -0.476 e. The number of halogens is 1. The molecule has 0 spiro atoms. The van der Waals surface area contributed by atoms with Gasteiger partial charge in [0.25, 0.3) is 5.56 Å². The minimum absolute atomic E-state index is 0.0177. The van der Waals surface area contributed by atoms with E-state index < -0.39 is 0 Å². The first-order chi connectivity index (χ1) is 8.27. The van der Waals surface area contributed by atoms with Crippen molar-refractivity contribution in [2.45, 2.75) is 31.7 Å². The van der Waals surface area contributed by atoms with Crippen LogP contribution in [0.4, 0.5) is 0 Å². The van der Waals surface area contributed by atoms with Gasteiger partial charge in [-0.25, -0.2) is 4.98 Å². The summed E-state index contributed by atoms with van der Waals surface area (Å²) in [6.07, 6.45) is 5.90. The van der Waals surface area contributed by atoms with Gasteiger partial charge in [0.1, 0.15) is 0 Å². The lowest BCUT2D eigenvalue weighted by atomic mass is 10.0. The van der Waals surface area contributed by atoms with E-state index in [1.807, 2.05) is 0 Å². The highest BCUT2D eigenvalue weighted by atomic mass is 35.5. The van der Waals surface area contributed by atoms with Gasteiger partial charge in [0, 0.05) is 6.04 Å². The maximum Gasteiger partial charge on any atom is 0.273 e. The van der Waals surface area contributed by atoms with Crippen molar-refractivity contribution in [3.05, 3.63) is 21.7 Å². The van der Waals surface area contributed by atoms with Crippen molar-refractivity contribution in [3.63, 3.8) is 0 Å². The predicted molar refractivity (Wildman–Crippen MR) is 65.6 cm³/mol. The molecular weight excluding hydrogens is 242 g/mol. The molecule has 1 unspecified atom stereocenters.